The Kier molecular flexibility index (Phi) is 2.38. The van der Waals surface area contributed by atoms with Gasteiger partial charge in [-0.15, -0.1) is 0 Å². The highest BCUT2D eigenvalue weighted by atomic mass is 16.2. The van der Waals surface area contributed by atoms with E-state index in [4.69, 9.17) is 5.73 Å². The lowest BCUT2D eigenvalue weighted by molar-refractivity contribution is -0.126. The van der Waals surface area contributed by atoms with E-state index in [9.17, 15) is 9.59 Å². The molecule has 2 amide bonds. The van der Waals surface area contributed by atoms with Gasteiger partial charge in [-0.3, -0.25) is 14.7 Å². The Morgan fingerprint density at radius 2 is 2.26 bits per heavy atom. The lowest BCUT2D eigenvalue weighted by Gasteiger charge is -2.15. The second-order valence-electron chi connectivity index (χ2n) is 4.46. The maximum Gasteiger partial charge on any atom is 0.249 e. The minimum absolute atomic E-state index is 0.0993. The molecule has 0 saturated heterocycles. The number of nitrogens with two attached hydrogens (primary N) is 1. The minimum atomic E-state index is -0.498. The third-order valence-corrected chi connectivity index (χ3v) is 3.29. The Morgan fingerprint density at radius 1 is 1.47 bits per heavy atom. The number of primary amides is 1. The summed E-state index contributed by atoms with van der Waals surface area (Å²) in [6.07, 6.45) is 5.14. The van der Waals surface area contributed by atoms with Crippen molar-refractivity contribution < 1.29 is 9.59 Å². The van der Waals surface area contributed by atoms with Crippen LogP contribution >= 0.6 is 0 Å². The number of rotatable bonds is 1. The van der Waals surface area contributed by atoms with Crippen molar-refractivity contribution >= 4 is 17.9 Å². The largest absolute Gasteiger partial charge is 0.366 e. The van der Waals surface area contributed by atoms with Crippen LogP contribution in [-0.2, 0) is 11.3 Å². The molecule has 3 aliphatic rings. The van der Waals surface area contributed by atoms with E-state index in [-0.39, 0.29) is 5.91 Å². The first kappa shape index (κ1) is 11.5. The quantitative estimate of drug-likeness (QED) is 0.795. The van der Waals surface area contributed by atoms with Crippen LogP contribution in [0.2, 0.25) is 0 Å². The van der Waals surface area contributed by atoms with Gasteiger partial charge in [-0.2, -0.15) is 5.10 Å². The zero-order chi connectivity index (χ0) is 13.6. The summed E-state index contributed by atoms with van der Waals surface area (Å²) in [6.45, 7) is 1.80. The number of aromatic amines is 1. The van der Waals surface area contributed by atoms with Crippen molar-refractivity contribution in [1.29, 1.82) is 0 Å². The van der Waals surface area contributed by atoms with Crippen LogP contribution in [-0.4, -0.2) is 26.9 Å². The Labute approximate surface area is 109 Å². The fourth-order valence-electron chi connectivity index (χ4n) is 2.37. The molecule has 0 saturated carbocycles. The summed E-state index contributed by atoms with van der Waals surface area (Å²) >= 11 is 0. The number of amides is 2. The highest BCUT2D eigenvalue weighted by molar-refractivity contribution is 6.00. The van der Waals surface area contributed by atoms with E-state index >= 15 is 0 Å². The topological polar surface area (TPSA) is 92.1 Å². The molecule has 6 heteroatoms. The molecule has 0 aromatic carbocycles. The van der Waals surface area contributed by atoms with Gasteiger partial charge >= 0.3 is 0 Å². The second kappa shape index (κ2) is 3.94. The molecular weight excluding hydrogens is 244 g/mol. The number of hydrogen-bond acceptors (Lipinski definition) is 3. The fourth-order valence-corrected chi connectivity index (χ4v) is 2.37. The normalized spacial score (nSPS) is 13.6. The van der Waals surface area contributed by atoms with Crippen LogP contribution in [0.3, 0.4) is 0 Å². The van der Waals surface area contributed by atoms with Gasteiger partial charge in [0, 0.05) is 36.0 Å². The summed E-state index contributed by atoms with van der Waals surface area (Å²) in [5.74, 6) is -0.597. The third-order valence-electron chi connectivity index (χ3n) is 3.29. The Morgan fingerprint density at radius 3 is 2.95 bits per heavy atom. The van der Waals surface area contributed by atoms with Gasteiger partial charge in [-0.1, -0.05) is 0 Å². The van der Waals surface area contributed by atoms with E-state index in [2.05, 4.69) is 10.2 Å². The van der Waals surface area contributed by atoms with Crippen LogP contribution in [0.15, 0.2) is 18.5 Å². The van der Waals surface area contributed by atoms with Gasteiger partial charge in [0.2, 0.25) is 11.8 Å². The van der Waals surface area contributed by atoms with Gasteiger partial charge in [0.25, 0.3) is 0 Å². The molecule has 3 N–H and O–H groups in total. The van der Waals surface area contributed by atoms with Crippen molar-refractivity contribution in [2.75, 3.05) is 0 Å². The number of H-pyrrole nitrogens is 1. The maximum atomic E-state index is 11.6. The van der Waals surface area contributed by atoms with Crippen LogP contribution in [0, 0.1) is 0 Å². The molecule has 0 aromatic rings. The van der Waals surface area contributed by atoms with E-state index in [1.165, 1.54) is 11.8 Å². The first-order valence-corrected chi connectivity index (χ1v) is 5.82. The summed E-state index contributed by atoms with van der Waals surface area (Å²) in [4.78, 5) is 24.6. The highest BCUT2D eigenvalue weighted by Gasteiger charge is 2.26. The number of nitrogens with one attached hydrogen (secondary N) is 1. The van der Waals surface area contributed by atoms with Crippen LogP contribution in [0.4, 0.5) is 0 Å². The van der Waals surface area contributed by atoms with Gasteiger partial charge in [-0.05, 0) is 17.7 Å². The van der Waals surface area contributed by atoms with Crippen LogP contribution < -0.4 is 5.73 Å². The summed E-state index contributed by atoms with van der Waals surface area (Å²) in [7, 11) is 0. The average molecular weight is 256 g/mol. The van der Waals surface area contributed by atoms with E-state index in [1.54, 1.807) is 24.5 Å². The van der Waals surface area contributed by atoms with Crippen molar-refractivity contribution in [3.05, 3.63) is 35.3 Å². The molecule has 0 fully saturated rings. The van der Waals surface area contributed by atoms with Gasteiger partial charge in [0.15, 0.2) is 0 Å². The zero-order valence-corrected chi connectivity index (χ0v) is 10.3. The molecule has 0 spiro atoms. The predicted octanol–water partition coefficient (Wildman–Crippen LogP) is 0.946. The highest BCUT2D eigenvalue weighted by Crippen LogP contribution is 2.36. The lowest BCUT2D eigenvalue weighted by Crippen LogP contribution is -2.23. The number of hydrogen-bond donors (Lipinski definition) is 2. The van der Waals surface area contributed by atoms with E-state index < -0.39 is 5.91 Å². The van der Waals surface area contributed by atoms with E-state index in [0.717, 1.165) is 16.7 Å². The molecule has 0 aromatic heterocycles. The first-order chi connectivity index (χ1) is 9.08. The molecule has 0 unspecified atom stereocenters. The number of aromatic nitrogens is 2. The van der Waals surface area contributed by atoms with Crippen molar-refractivity contribution in [2.24, 2.45) is 5.73 Å². The molecule has 0 atom stereocenters. The monoisotopic (exact) mass is 256 g/mol. The average Bonchev–Trinajstić information content (AvgIpc) is 2.61. The number of carbonyl (C=O) groups excluding carboxylic acids is 2. The fraction of sp³-hybridized carbons (Fsp3) is 0.154. The molecule has 96 valence electrons. The van der Waals surface area contributed by atoms with Crippen LogP contribution in [0.5, 0.6) is 0 Å². The Balaban J connectivity index is 2.28. The van der Waals surface area contributed by atoms with Gasteiger partial charge < -0.3 is 10.6 Å². The number of nitrogens with zero attached hydrogens (tertiary/aromatic N) is 2. The van der Waals surface area contributed by atoms with Gasteiger partial charge in [0.1, 0.15) is 0 Å². The summed E-state index contributed by atoms with van der Waals surface area (Å²) < 4.78 is 0. The summed E-state index contributed by atoms with van der Waals surface area (Å²) in [6, 6.07) is 1.73. The van der Waals surface area contributed by atoms with Crippen LogP contribution in [0.25, 0.3) is 17.2 Å². The van der Waals surface area contributed by atoms with Crippen LogP contribution in [0.1, 0.15) is 28.5 Å². The molecule has 0 bridgehead atoms. The Hall–Kier alpha value is -2.63. The zero-order valence-electron chi connectivity index (χ0n) is 10.3. The SMILES string of the molecule is CC(=O)N1C=Cc2n[nH]cc3cc(C(N)=O)c(c2-3)C1. The molecular formula is C13H12N4O2. The smallest absolute Gasteiger partial charge is 0.249 e. The molecule has 2 aliphatic heterocycles. The predicted molar refractivity (Wildman–Crippen MR) is 69.0 cm³/mol. The molecule has 0 radical (unpaired) electrons. The van der Waals surface area contributed by atoms with Crippen molar-refractivity contribution in [3.63, 3.8) is 0 Å². The van der Waals surface area contributed by atoms with Gasteiger partial charge in [-0.25, -0.2) is 0 Å². The summed E-state index contributed by atoms with van der Waals surface area (Å²) in [5.41, 5.74) is 9.02. The van der Waals surface area contributed by atoms with Crippen molar-refractivity contribution in [2.45, 2.75) is 13.5 Å². The maximum absolute atomic E-state index is 11.6. The molecule has 1 aliphatic carbocycles. The lowest BCUT2D eigenvalue weighted by atomic mass is 10.1. The second-order valence-corrected chi connectivity index (χ2v) is 4.46. The van der Waals surface area contributed by atoms with Crippen molar-refractivity contribution in [3.8, 4) is 11.1 Å². The van der Waals surface area contributed by atoms with E-state index in [0.29, 0.717) is 17.8 Å². The molecule has 19 heavy (non-hydrogen) atoms. The molecule has 3 rings (SSSR count). The van der Waals surface area contributed by atoms with Gasteiger partial charge in [0.05, 0.1) is 12.2 Å². The third kappa shape index (κ3) is 1.69. The number of carbonyl (C=O) groups is 2. The standard InChI is InChI=1S/C13H12N4O2/c1-7(18)17-3-2-11-12-8(5-15-16-11)4-9(13(14)19)10(12)6-17/h2-5,15H,6H2,1H3,(H2,14,19). The molecule has 6 nitrogen and oxygen atoms in total. The van der Waals surface area contributed by atoms with Crippen molar-refractivity contribution in [1.82, 2.24) is 15.1 Å². The Bertz CT molecular complexity index is 686. The first-order valence-electron chi connectivity index (χ1n) is 5.82. The summed E-state index contributed by atoms with van der Waals surface area (Å²) in [5, 5.41) is 6.95. The van der Waals surface area contributed by atoms with E-state index in [1.807, 2.05) is 0 Å². The minimum Gasteiger partial charge on any atom is -0.366 e. The molecule has 2 heterocycles.